The zero-order chi connectivity index (χ0) is 10.7. The molecule has 1 N–H and O–H groups in total. The number of halogens is 1. The van der Waals surface area contributed by atoms with Gasteiger partial charge in [0.1, 0.15) is 0 Å². The molecular formula is C13H14BrN. The summed E-state index contributed by atoms with van der Waals surface area (Å²) < 4.78 is 1.14. The highest BCUT2D eigenvalue weighted by Crippen LogP contribution is 2.23. The van der Waals surface area contributed by atoms with Crippen LogP contribution in [0.3, 0.4) is 0 Å². The molecule has 1 nitrogen and oxygen atoms in total. The smallest absolute Gasteiger partial charge is 0.0181 e. The Balaban J connectivity index is 2.46. The van der Waals surface area contributed by atoms with Gasteiger partial charge >= 0.3 is 0 Å². The van der Waals surface area contributed by atoms with E-state index in [1.807, 2.05) is 7.05 Å². The number of hydrogen-bond donors (Lipinski definition) is 1. The largest absolute Gasteiger partial charge is 0.319 e. The van der Waals surface area contributed by atoms with Crippen LogP contribution in [0.15, 0.2) is 40.9 Å². The monoisotopic (exact) mass is 263 g/mol. The van der Waals surface area contributed by atoms with Crippen molar-refractivity contribution in [2.45, 2.75) is 6.42 Å². The molecule has 0 saturated carbocycles. The molecule has 0 aromatic heterocycles. The first-order valence-corrected chi connectivity index (χ1v) is 5.92. The summed E-state index contributed by atoms with van der Waals surface area (Å²) in [6, 6.07) is 12.9. The van der Waals surface area contributed by atoms with Gasteiger partial charge in [0, 0.05) is 4.47 Å². The zero-order valence-corrected chi connectivity index (χ0v) is 10.3. The first-order valence-electron chi connectivity index (χ1n) is 5.13. The summed E-state index contributed by atoms with van der Waals surface area (Å²) in [6.45, 7) is 1.02. The van der Waals surface area contributed by atoms with Crippen LogP contribution in [-0.2, 0) is 6.42 Å². The van der Waals surface area contributed by atoms with E-state index in [0.29, 0.717) is 0 Å². The second-order valence-electron chi connectivity index (χ2n) is 3.64. The number of nitrogens with one attached hydrogen (secondary N) is 1. The molecule has 2 aromatic carbocycles. The van der Waals surface area contributed by atoms with Crippen molar-refractivity contribution in [3.8, 4) is 0 Å². The average molecular weight is 264 g/mol. The Kier molecular flexibility index (Phi) is 3.39. The maximum Gasteiger partial charge on any atom is 0.0181 e. The van der Waals surface area contributed by atoms with Crippen molar-refractivity contribution in [3.05, 3.63) is 46.4 Å². The second kappa shape index (κ2) is 4.77. The van der Waals surface area contributed by atoms with E-state index in [4.69, 9.17) is 0 Å². The summed E-state index contributed by atoms with van der Waals surface area (Å²) in [6.07, 6.45) is 1.08. The fourth-order valence-corrected chi connectivity index (χ4v) is 2.18. The normalized spacial score (nSPS) is 10.8. The lowest BCUT2D eigenvalue weighted by molar-refractivity contribution is 0.795. The van der Waals surface area contributed by atoms with E-state index in [1.165, 1.54) is 16.3 Å². The van der Waals surface area contributed by atoms with Gasteiger partial charge < -0.3 is 5.32 Å². The first-order chi connectivity index (χ1) is 7.31. The summed E-state index contributed by atoms with van der Waals surface area (Å²) in [4.78, 5) is 0. The molecule has 2 heteroatoms. The standard InChI is InChI=1S/C13H14BrN/c1-15-8-7-10-3-2-4-11-9-12(14)5-6-13(10)11/h2-6,9,15H,7-8H2,1H3. The SMILES string of the molecule is CNCCc1cccc2cc(Br)ccc12. The van der Waals surface area contributed by atoms with Gasteiger partial charge in [-0.1, -0.05) is 40.2 Å². The minimum atomic E-state index is 1.02. The Morgan fingerprint density at radius 1 is 1.20 bits per heavy atom. The number of benzene rings is 2. The summed E-state index contributed by atoms with van der Waals surface area (Å²) >= 11 is 3.50. The quantitative estimate of drug-likeness (QED) is 0.896. The minimum absolute atomic E-state index is 1.02. The van der Waals surface area contributed by atoms with Gasteiger partial charge in [-0.2, -0.15) is 0 Å². The molecule has 0 bridgehead atoms. The third-order valence-electron chi connectivity index (χ3n) is 2.58. The lowest BCUT2D eigenvalue weighted by Gasteiger charge is -2.06. The molecule has 0 fully saturated rings. The van der Waals surface area contributed by atoms with Gasteiger partial charge in [-0.25, -0.2) is 0 Å². The summed E-state index contributed by atoms with van der Waals surface area (Å²) in [5.41, 5.74) is 1.41. The zero-order valence-electron chi connectivity index (χ0n) is 8.76. The van der Waals surface area contributed by atoms with Crippen molar-refractivity contribution < 1.29 is 0 Å². The van der Waals surface area contributed by atoms with Crippen LogP contribution < -0.4 is 5.32 Å². The molecule has 0 aliphatic rings. The molecule has 78 valence electrons. The number of hydrogen-bond acceptors (Lipinski definition) is 1. The van der Waals surface area contributed by atoms with E-state index in [-0.39, 0.29) is 0 Å². The van der Waals surface area contributed by atoms with Gasteiger partial charge in [-0.3, -0.25) is 0 Å². The van der Waals surface area contributed by atoms with E-state index >= 15 is 0 Å². The molecule has 0 aliphatic heterocycles. The molecule has 15 heavy (non-hydrogen) atoms. The molecule has 0 unspecified atom stereocenters. The minimum Gasteiger partial charge on any atom is -0.319 e. The summed E-state index contributed by atoms with van der Waals surface area (Å²) in [7, 11) is 1.99. The van der Waals surface area contributed by atoms with Gasteiger partial charge in [0.05, 0.1) is 0 Å². The lowest BCUT2D eigenvalue weighted by Crippen LogP contribution is -2.10. The molecule has 0 radical (unpaired) electrons. The Bertz CT molecular complexity index is 465. The average Bonchev–Trinajstić information content (AvgIpc) is 2.25. The van der Waals surface area contributed by atoms with Crippen molar-refractivity contribution in [2.24, 2.45) is 0 Å². The van der Waals surface area contributed by atoms with Crippen LogP contribution in [0.5, 0.6) is 0 Å². The van der Waals surface area contributed by atoms with Gasteiger partial charge in [0.2, 0.25) is 0 Å². The van der Waals surface area contributed by atoms with Crippen LogP contribution in [0.2, 0.25) is 0 Å². The number of fused-ring (bicyclic) bond motifs is 1. The summed E-state index contributed by atoms with van der Waals surface area (Å²) in [5, 5.41) is 5.84. The maximum atomic E-state index is 3.50. The molecule has 0 aliphatic carbocycles. The molecule has 0 spiro atoms. The van der Waals surface area contributed by atoms with Crippen LogP contribution in [0.25, 0.3) is 10.8 Å². The Hall–Kier alpha value is -0.860. The highest BCUT2D eigenvalue weighted by Gasteiger charge is 2.00. The predicted octanol–water partition coefficient (Wildman–Crippen LogP) is 3.36. The van der Waals surface area contributed by atoms with E-state index in [1.54, 1.807) is 0 Å². The van der Waals surface area contributed by atoms with Crippen LogP contribution >= 0.6 is 15.9 Å². The van der Waals surface area contributed by atoms with Gasteiger partial charge in [0.25, 0.3) is 0 Å². The Morgan fingerprint density at radius 2 is 2.07 bits per heavy atom. The molecule has 0 amide bonds. The van der Waals surface area contributed by atoms with Gasteiger partial charge in [-0.15, -0.1) is 0 Å². The third kappa shape index (κ3) is 2.39. The lowest BCUT2D eigenvalue weighted by atomic mass is 10.0. The summed E-state index contributed by atoms with van der Waals surface area (Å²) in [5.74, 6) is 0. The van der Waals surface area contributed by atoms with Crippen LogP contribution in [0, 0.1) is 0 Å². The fraction of sp³-hybridized carbons (Fsp3) is 0.231. The Morgan fingerprint density at radius 3 is 2.87 bits per heavy atom. The fourth-order valence-electron chi connectivity index (χ4n) is 1.80. The molecular weight excluding hydrogens is 250 g/mol. The van der Waals surface area contributed by atoms with E-state index in [0.717, 1.165) is 17.4 Å². The van der Waals surface area contributed by atoms with Crippen molar-refractivity contribution in [2.75, 3.05) is 13.6 Å². The number of rotatable bonds is 3. The highest BCUT2D eigenvalue weighted by atomic mass is 79.9. The highest BCUT2D eigenvalue weighted by molar-refractivity contribution is 9.10. The van der Waals surface area contributed by atoms with Gasteiger partial charge in [0.15, 0.2) is 0 Å². The second-order valence-corrected chi connectivity index (χ2v) is 4.55. The van der Waals surface area contributed by atoms with Crippen LogP contribution in [-0.4, -0.2) is 13.6 Å². The molecule has 2 rings (SSSR count). The van der Waals surface area contributed by atoms with Crippen molar-refractivity contribution in [3.63, 3.8) is 0 Å². The van der Waals surface area contributed by atoms with Crippen molar-refractivity contribution >= 4 is 26.7 Å². The van der Waals surface area contributed by atoms with Crippen LogP contribution in [0.4, 0.5) is 0 Å². The third-order valence-corrected chi connectivity index (χ3v) is 3.07. The predicted molar refractivity (Wildman–Crippen MR) is 69.3 cm³/mol. The maximum absolute atomic E-state index is 3.50. The van der Waals surface area contributed by atoms with E-state index in [2.05, 4.69) is 57.6 Å². The van der Waals surface area contributed by atoms with Crippen molar-refractivity contribution in [1.29, 1.82) is 0 Å². The first kappa shape index (κ1) is 10.7. The molecule has 2 aromatic rings. The van der Waals surface area contributed by atoms with Gasteiger partial charge in [-0.05, 0) is 48.5 Å². The van der Waals surface area contributed by atoms with Crippen LogP contribution in [0.1, 0.15) is 5.56 Å². The topological polar surface area (TPSA) is 12.0 Å². The Labute approximate surface area is 98.6 Å². The molecule has 0 saturated heterocycles. The number of likely N-dealkylation sites (N-methyl/N-ethyl adjacent to an activating group) is 1. The van der Waals surface area contributed by atoms with E-state index in [9.17, 15) is 0 Å². The van der Waals surface area contributed by atoms with Crippen molar-refractivity contribution in [1.82, 2.24) is 5.32 Å². The molecule has 0 heterocycles. The van der Waals surface area contributed by atoms with E-state index < -0.39 is 0 Å². The molecule has 0 atom stereocenters.